The van der Waals surface area contributed by atoms with E-state index in [0.29, 0.717) is 4.47 Å². The van der Waals surface area contributed by atoms with E-state index in [0.717, 1.165) is 41.2 Å². The second kappa shape index (κ2) is 6.75. The van der Waals surface area contributed by atoms with E-state index in [9.17, 15) is 4.39 Å². The fourth-order valence-corrected chi connectivity index (χ4v) is 3.00. The Morgan fingerprint density at radius 2 is 1.95 bits per heavy atom. The van der Waals surface area contributed by atoms with Gasteiger partial charge >= 0.3 is 0 Å². The zero-order valence-corrected chi connectivity index (χ0v) is 14.5. The molecule has 0 aliphatic heterocycles. The lowest BCUT2D eigenvalue weighted by Gasteiger charge is -2.20. The molecule has 2 nitrogen and oxygen atoms in total. The molecule has 0 bridgehead atoms. The first-order valence-corrected chi connectivity index (χ1v) is 7.99. The van der Waals surface area contributed by atoms with Crippen LogP contribution >= 0.6 is 15.9 Å². The second-order valence-corrected chi connectivity index (χ2v) is 6.17. The van der Waals surface area contributed by atoms with Crippen molar-refractivity contribution in [2.45, 2.75) is 40.2 Å². The van der Waals surface area contributed by atoms with E-state index in [2.05, 4.69) is 35.1 Å². The molecule has 1 aromatic heterocycles. The first-order chi connectivity index (χ1) is 9.95. The summed E-state index contributed by atoms with van der Waals surface area (Å²) in [5, 5.41) is 3.54. The predicted molar refractivity (Wildman–Crippen MR) is 87.2 cm³/mol. The van der Waals surface area contributed by atoms with Gasteiger partial charge in [-0.15, -0.1) is 0 Å². The molecule has 1 N–H and O–H groups in total. The minimum Gasteiger partial charge on any atom is -0.466 e. The summed E-state index contributed by atoms with van der Waals surface area (Å²) >= 11 is 3.27. The summed E-state index contributed by atoms with van der Waals surface area (Å²) in [4.78, 5) is 0. The van der Waals surface area contributed by atoms with Crippen LogP contribution in [-0.2, 0) is 0 Å². The molecule has 0 aliphatic carbocycles. The summed E-state index contributed by atoms with van der Waals surface area (Å²) in [7, 11) is 0. The minimum absolute atomic E-state index is 0.0132. The highest BCUT2D eigenvalue weighted by Crippen LogP contribution is 2.33. The number of halogens is 2. The van der Waals surface area contributed by atoms with Gasteiger partial charge in [0.1, 0.15) is 17.3 Å². The summed E-state index contributed by atoms with van der Waals surface area (Å²) in [6.45, 7) is 9.05. The SMILES string of the molecule is CCCNC(c1ccc(F)c(Br)c1)c1c(C)oc(C)c1C. The molecule has 1 unspecified atom stereocenters. The molecule has 1 atom stereocenters. The molecule has 114 valence electrons. The van der Waals surface area contributed by atoms with E-state index in [-0.39, 0.29) is 11.9 Å². The van der Waals surface area contributed by atoms with Crippen molar-refractivity contribution in [3.63, 3.8) is 0 Å². The first-order valence-electron chi connectivity index (χ1n) is 7.20. The van der Waals surface area contributed by atoms with Crippen molar-refractivity contribution in [2.24, 2.45) is 0 Å². The van der Waals surface area contributed by atoms with Gasteiger partial charge in [0, 0.05) is 5.56 Å². The molecule has 0 amide bonds. The molecule has 0 radical (unpaired) electrons. The average Bonchev–Trinajstić information content (AvgIpc) is 2.69. The third-order valence-electron chi connectivity index (χ3n) is 3.78. The Morgan fingerprint density at radius 1 is 1.24 bits per heavy atom. The third kappa shape index (κ3) is 3.38. The number of benzene rings is 1. The summed E-state index contributed by atoms with van der Waals surface area (Å²) in [6, 6.07) is 5.18. The van der Waals surface area contributed by atoms with Gasteiger partial charge in [-0.2, -0.15) is 0 Å². The van der Waals surface area contributed by atoms with E-state index in [1.54, 1.807) is 0 Å². The van der Waals surface area contributed by atoms with Gasteiger partial charge in [-0.05, 0) is 72.9 Å². The third-order valence-corrected chi connectivity index (χ3v) is 4.39. The van der Waals surface area contributed by atoms with E-state index < -0.39 is 0 Å². The summed E-state index contributed by atoms with van der Waals surface area (Å²) in [5.41, 5.74) is 3.34. The Labute approximate surface area is 133 Å². The summed E-state index contributed by atoms with van der Waals surface area (Å²) in [5.74, 6) is 1.61. The monoisotopic (exact) mass is 353 g/mol. The fraction of sp³-hybridized carbons (Fsp3) is 0.412. The van der Waals surface area contributed by atoms with Crippen LogP contribution in [-0.4, -0.2) is 6.54 Å². The van der Waals surface area contributed by atoms with Gasteiger partial charge in [0.15, 0.2) is 0 Å². The molecule has 0 fully saturated rings. The van der Waals surface area contributed by atoms with Gasteiger partial charge in [0.2, 0.25) is 0 Å². The minimum atomic E-state index is -0.246. The van der Waals surface area contributed by atoms with Crippen molar-refractivity contribution in [1.29, 1.82) is 0 Å². The molecule has 2 aromatic rings. The van der Waals surface area contributed by atoms with Crippen LogP contribution in [0.3, 0.4) is 0 Å². The van der Waals surface area contributed by atoms with Gasteiger partial charge < -0.3 is 9.73 Å². The number of nitrogens with one attached hydrogen (secondary N) is 1. The van der Waals surface area contributed by atoms with Crippen LogP contribution in [0.1, 0.15) is 47.6 Å². The molecule has 0 spiro atoms. The van der Waals surface area contributed by atoms with Crippen LogP contribution < -0.4 is 5.32 Å². The molecular formula is C17H21BrFNO. The number of furan rings is 1. The van der Waals surface area contributed by atoms with Crippen molar-refractivity contribution >= 4 is 15.9 Å². The standard InChI is InChI=1S/C17H21BrFNO/c1-5-8-20-17(13-6-7-15(19)14(18)9-13)16-10(2)11(3)21-12(16)4/h6-7,9,17,20H,5,8H2,1-4H3. The Kier molecular flexibility index (Phi) is 5.22. The van der Waals surface area contributed by atoms with Crippen molar-refractivity contribution in [3.8, 4) is 0 Å². The van der Waals surface area contributed by atoms with Crippen molar-refractivity contribution in [3.05, 3.63) is 56.7 Å². The van der Waals surface area contributed by atoms with Gasteiger partial charge in [0.25, 0.3) is 0 Å². The average molecular weight is 354 g/mol. The maximum atomic E-state index is 13.5. The number of hydrogen-bond donors (Lipinski definition) is 1. The highest BCUT2D eigenvalue weighted by molar-refractivity contribution is 9.10. The largest absolute Gasteiger partial charge is 0.466 e. The van der Waals surface area contributed by atoms with E-state index in [1.165, 1.54) is 6.07 Å². The van der Waals surface area contributed by atoms with E-state index >= 15 is 0 Å². The van der Waals surface area contributed by atoms with Crippen molar-refractivity contribution < 1.29 is 8.81 Å². The topological polar surface area (TPSA) is 25.2 Å². The van der Waals surface area contributed by atoms with Crippen LogP contribution in [0.25, 0.3) is 0 Å². The molecule has 1 aromatic carbocycles. The lowest BCUT2D eigenvalue weighted by Crippen LogP contribution is -2.24. The molecule has 4 heteroatoms. The van der Waals surface area contributed by atoms with Gasteiger partial charge in [0.05, 0.1) is 10.5 Å². The molecule has 0 saturated carbocycles. The van der Waals surface area contributed by atoms with Crippen LogP contribution in [0.15, 0.2) is 27.1 Å². The smallest absolute Gasteiger partial charge is 0.137 e. The summed E-state index contributed by atoms with van der Waals surface area (Å²) in [6.07, 6.45) is 1.04. The van der Waals surface area contributed by atoms with Crippen LogP contribution in [0.5, 0.6) is 0 Å². The molecule has 0 aliphatic rings. The number of rotatable bonds is 5. The normalized spacial score (nSPS) is 12.7. The highest BCUT2D eigenvalue weighted by atomic mass is 79.9. The van der Waals surface area contributed by atoms with Crippen LogP contribution in [0.2, 0.25) is 0 Å². The molecule has 1 heterocycles. The van der Waals surface area contributed by atoms with E-state index in [4.69, 9.17) is 4.42 Å². The quantitative estimate of drug-likeness (QED) is 0.799. The zero-order chi connectivity index (χ0) is 15.6. The molecule has 21 heavy (non-hydrogen) atoms. The lowest BCUT2D eigenvalue weighted by atomic mass is 9.95. The Bertz CT molecular complexity index is 636. The number of aryl methyl sites for hydroxylation is 2. The second-order valence-electron chi connectivity index (χ2n) is 5.31. The van der Waals surface area contributed by atoms with Crippen molar-refractivity contribution in [2.75, 3.05) is 6.54 Å². The highest BCUT2D eigenvalue weighted by Gasteiger charge is 2.22. The zero-order valence-electron chi connectivity index (χ0n) is 12.9. The molecule has 2 rings (SSSR count). The molecule has 0 saturated heterocycles. The van der Waals surface area contributed by atoms with Gasteiger partial charge in [-0.3, -0.25) is 0 Å². The maximum absolute atomic E-state index is 13.5. The first kappa shape index (κ1) is 16.2. The lowest BCUT2D eigenvalue weighted by molar-refractivity contribution is 0.492. The predicted octanol–water partition coefficient (Wildman–Crippen LogP) is 5.20. The Morgan fingerprint density at radius 3 is 2.48 bits per heavy atom. The molecular weight excluding hydrogens is 333 g/mol. The maximum Gasteiger partial charge on any atom is 0.137 e. The Balaban J connectivity index is 2.49. The van der Waals surface area contributed by atoms with Crippen LogP contribution in [0, 0.1) is 26.6 Å². The van der Waals surface area contributed by atoms with Crippen LogP contribution in [0.4, 0.5) is 4.39 Å². The summed E-state index contributed by atoms with van der Waals surface area (Å²) < 4.78 is 19.7. The fourth-order valence-electron chi connectivity index (χ4n) is 2.60. The number of hydrogen-bond acceptors (Lipinski definition) is 2. The van der Waals surface area contributed by atoms with Gasteiger partial charge in [-0.25, -0.2) is 4.39 Å². The van der Waals surface area contributed by atoms with Crippen molar-refractivity contribution in [1.82, 2.24) is 5.32 Å². The van der Waals surface area contributed by atoms with Gasteiger partial charge in [-0.1, -0.05) is 13.0 Å². The van der Waals surface area contributed by atoms with E-state index in [1.807, 2.05) is 26.0 Å². The Hall–Kier alpha value is -1.13.